The molecule has 0 spiro atoms. The van der Waals surface area contributed by atoms with Crippen LogP contribution in [0.3, 0.4) is 0 Å². The van der Waals surface area contributed by atoms with Crippen LogP contribution < -0.4 is 0 Å². The molecule has 25 heavy (non-hydrogen) atoms. The third-order valence-electron chi connectivity index (χ3n) is 3.19. The molecule has 0 unspecified atom stereocenters. The van der Waals surface area contributed by atoms with Crippen LogP contribution in [0, 0.1) is 3.88 Å². The van der Waals surface area contributed by atoms with Crippen LogP contribution in [0.1, 0.15) is 0 Å². The quantitative estimate of drug-likeness (QED) is 0.284. The molecule has 2 heterocycles. The van der Waals surface area contributed by atoms with Crippen LogP contribution in [0.5, 0.6) is 0 Å². The number of pyridine rings is 2. The van der Waals surface area contributed by atoms with Gasteiger partial charge in [0.25, 0.3) is 0 Å². The zero-order chi connectivity index (χ0) is 18.1. The van der Waals surface area contributed by atoms with E-state index >= 15 is 0 Å². The van der Waals surface area contributed by atoms with Crippen LogP contribution >= 0.6 is 9.64 Å². The molecule has 0 N–H and O–H groups in total. The first-order chi connectivity index (χ1) is 12.2. The van der Waals surface area contributed by atoms with Gasteiger partial charge >= 0.3 is 29.6 Å². The Kier molecular flexibility index (Phi) is 8.14. The second-order valence-corrected chi connectivity index (χ2v) is 7.01. The minimum atomic E-state index is -1.11. The topological polar surface area (TPSA) is 49.6 Å². The molecule has 3 nitrogen and oxygen atoms in total. The van der Waals surface area contributed by atoms with Crippen molar-refractivity contribution >= 4 is 56.7 Å². The number of halogens is 1. The molecule has 0 aliphatic rings. The van der Waals surface area contributed by atoms with Crippen molar-refractivity contribution in [1.29, 1.82) is 3.88 Å². The van der Waals surface area contributed by atoms with Gasteiger partial charge in [0.15, 0.2) is 0 Å². The fraction of sp³-hybridized carbons (Fsp3) is 0. The van der Waals surface area contributed by atoms with Gasteiger partial charge < -0.3 is 25.3 Å². The average Bonchev–Trinajstić information content (AvgIpc) is 2.64. The molecular weight excluding hydrogens is 548 g/mol. The third-order valence-corrected chi connectivity index (χ3v) is 3.85. The summed E-state index contributed by atoms with van der Waals surface area (Å²) in [5, 5.41) is 2.22. The molecule has 0 bridgehead atoms. The van der Waals surface area contributed by atoms with E-state index in [0.717, 1.165) is 31.6 Å². The predicted octanol–water partition coefficient (Wildman–Crippen LogP) is 4.98. The van der Waals surface area contributed by atoms with Crippen LogP contribution in [0.2, 0.25) is 0 Å². The van der Waals surface area contributed by atoms with E-state index in [1.807, 2.05) is 60.7 Å². The Balaban J connectivity index is 0.000000156. The van der Waals surface area contributed by atoms with Crippen LogP contribution in [0.4, 0.5) is 0 Å². The summed E-state index contributed by atoms with van der Waals surface area (Å²) in [6, 6.07) is 19.6. The Labute approximate surface area is 168 Å². The number of hydrogen-bond donors (Lipinski definition) is 0. The summed E-state index contributed by atoms with van der Waals surface area (Å²) in [5.41, 5.74) is 1.84. The summed E-state index contributed by atoms with van der Waals surface area (Å²) >= 11 is 9.07. The molecular formula is C18H12ClN3OsS2. The molecule has 0 fully saturated rings. The molecule has 0 amide bonds. The molecule has 126 valence electrons. The minimum Gasteiger partial charge on any atom is -0.778 e. The molecule has 4 rings (SSSR count). The Bertz CT molecular complexity index is 934. The van der Waals surface area contributed by atoms with Gasteiger partial charge in [-0.2, -0.15) is 0 Å². The van der Waals surface area contributed by atoms with Crippen LogP contribution in [-0.4, -0.2) is 9.97 Å². The Morgan fingerprint density at radius 1 is 0.720 bits per heavy atom. The van der Waals surface area contributed by atoms with Crippen molar-refractivity contribution in [2.24, 2.45) is 0 Å². The third kappa shape index (κ3) is 5.68. The zero-order valence-corrected chi connectivity index (χ0v) is 17.7. The molecule has 2 aromatic carbocycles. The van der Waals surface area contributed by atoms with Crippen LogP contribution in [-0.2, 0) is 41.3 Å². The van der Waals surface area contributed by atoms with Gasteiger partial charge in [0, 0.05) is 12.4 Å². The standard InChI is InChI=1S/2C9H7NS.ClH.N.Os/c2*11-8-5-1-3-7-4-2-6-10-9(7)8;;;/h2*1-6,11H;1H;;/q;;;;+3/p-3. The normalized spacial score (nSPS) is 9.44. The van der Waals surface area contributed by atoms with Gasteiger partial charge in [0.2, 0.25) is 0 Å². The maximum Gasteiger partial charge on any atom is 0.0511 e. The molecule has 0 aliphatic heterocycles. The number of hydrogen-bond acceptors (Lipinski definition) is 5. The molecule has 0 radical (unpaired) electrons. The van der Waals surface area contributed by atoms with E-state index in [2.05, 4.69) is 9.97 Å². The molecule has 0 saturated heterocycles. The van der Waals surface area contributed by atoms with E-state index in [4.69, 9.17) is 38.8 Å². The molecule has 7 heteroatoms. The monoisotopic (exact) mass is 561 g/mol. The fourth-order valence-electron chi connectivity index (χ4n) is 2.15. The van der Waals surface area contributed by atoms with Gasteiger partial charge in [-0.15, -0.1) is 9.79 Å². The van der Waals surface area contributed by atoms with Crippen molar-refractivity contribution < 1.29 is 16.0 Å². The SMILES string of the molecule is [N]#[Os+2][Cl].[S-]c1cccc2cccnc12.[S-]c1cccc2cccnc12. The second kappa shape index (κ2) is 10.4. The number of para-hydroxylation sites is 2. The molecule has 0 atom stereocenters. The van der Waals surface area contributed by atoms with Crippen molar-refractivity contribution in [2.75, 3.05) is 0 Å². The fourth-order valence-corrected chi connectivity index (χ4v) is 2.65. The first-order valence-corrected chi connectivity index (χ1v) is 12.2. The largest absolute Gasteiger partial charge is 0.778 e. The summed E-state index contributed by atoms with van der Waals surface area (Å²) in [7, 11) is 4.69. The van der Waals surface area contributed by atoms with Crippen molar-refractivity contribution in [3.63, 3.8) is 0 Å². The minimum absolute atomic E-state index is 0.822. The smallest absolute Gasteiger partial charge is 0.0511 e. The van der Waals surface area contributed by atoms with Crippen molar-refractivity contribution in [3.8, 4) is 0 Å². The van der Waals surface area contributed by atoms with E-state index in [-0.39, 0.29) is 0 Å². The average molecular weight is 560 g/mol. The van der Waals surface area contributed by atoms with Gasteiger partial charge in [-0.3, -0.25) is 9.97 Å². The number of aromatic nitrogens is 2. The second-order valence-electron chi connectivity index (χ2n) is 4.72. The van der Waals surface area contributed by atoms with E-state index in [1.165, 1.54) is 0 Å². The maximum atomic E-state index is 7.47. The number of benzene rings is 2. The number of fused-ring (bicyclic) bond motifs is 2. The zero-order valence-electron chi connectivity index (χ0n) is 12.8. The first kappa shape index (κ1) is 19.7. The van der Waals surface area contributed by atoms with E-state index in [1.54, 1.807) is 12.4 Å². The van der Waals surface area contributed by atoms with Crippen LogP contribution in [0.25, 0.3) is 21.8 Å². The number of nitrogens with zero attached hydrogens (tertiary/aromatic N) is 3. The van der Waals surface area contributed by atoms with Crippen molar-refractivity contribution in [3.05, 3.63) is 73.1 Å². The summed E-state index contributed by atoms with van der Waals surface area (Å²) in [6.45, 7) is 0. The van der Waals surface area contributed by atoms with Gasteiger partial charge in [0.05, 0.1) is 11.0 Å². The Morgan fingerprint density at radius 2 is 1.08 bits per heavy atom. The van der Waals surface area contributed by atoms with Gasteiger partial charge in [-0.1, -0.05) is 48.5 Å². The van der Waals surface area contributed by atoms with Crippen LogP contribution in [0.15, 0.2) is 82.8 Å². The molecule has 2 aromatic heterocycles. The van der Waals surface area contributed by atoms with Crippen molar-refractivity contribution in [2.45, 2.75) is 9.79 Å². The van der Waals surface area contributed by atoms with E-state index in [0.29, 0.717) is 0 Å². The molecule has 0 aliphatic carbocycles. The van der Waals surface area contributed by atoms with Gasteiger partial charge in [0.1, 0.15) is 0 Å². The van der Waals surface area contributed by atoms with Gasteiger partial charge in [-0.25, -0.2) is 0 Å². The number of rotatable bonds is 0. The summed E-state index contributed by atoms with van der Waals surface area (Å²) in [4.78, 5) is 10.00. The Hall–Kier alpha value is -1.66. The summed E-state index contributed by atoms with van der Waals surface area (Å²) in [5.74, 6) is 0. The summed E-state index contributed by atoms with van der Waals surface area (Å²) in [6.07, 6.45) is 3.52. The summed E-state index contributed by atoms with van der Waals surface area (Å²) < 4.78 is 7.47. The van der Waals surface area contributed by atoms with E-state index in [9.17, 15) is 0 Å². The molecule has 4 aromatic rings. The first-order valence-electron chi connectivity index (χ1n) is 7.06. The van der Waals surface area contributed by atoms with Crippen molar-refractivity contribution in [1.82, 2.24) is 9.97 Å². The Morgan fingerprint density at radius 3 is 1.44 bits per heavy atom. The van der Waals surface area contributed by atoms with E-state index < -0.39 is 16.0 Å². The van der Waals surface area contributed by atoms with Gasteiger partial charge in [-0.05, 0) is 22.9 Å². The molecule has 0 saturated carbocycles. The predicted molar refractivity (Wildman–Crippen MR) is 102 cm³/mol. The maximum absolute atomic E-state index is 7.47.